The fourth-order valence-corrected chi connectivity index (χ4v) is 4.69. The molecule has 1 fully saturated rings. The van der Waals surface area contributed by atoms with Gasteiger partial charge in [-0.25, -0.2) is 8.42 Å². The van der Waals surface area contributed by atoms with E-state index < -0.39 is 20.3 Å². The zero-order chi connectivity index (χ0) is 17.1. The zero-order valence-corrected chi connectivity index (χ0v) is 15.0. The third-order valence-electron chi connectivity index (χ3n) is 3.99. The number of ether oxygens (including phenoxy) is 1. The normalized spacial score (nSPS) is 18.7. The lowest BCUT2D eigenvalue weighted by atomic mass is 9.94. The highest BCUT2D eigenvalue weighted by Crippen LogP contribution is 2.43. The number of hydrogen-bond acceptors (Lipinski definition) is 5. The Morgan fingerprint density at radius 2 is 1.95 bits per heavy atom. The van der Waals surface area contributed by atoms with Crippen LogP contribution in [0.5, 0.6) is 5.75 Å². The van der Waals surface area contributed by atoms with Gasteiger partial charge in [-0.05, 0) is 32.4 Å². The van der Waals surface area contributed by atoms with Gasteiger partial charge < -0.3 is 15.6 Å². The molecule has 1 aliphatic rings. The molecule has 1 aromatic carbocycles. The van der Waals surface area contributed by atoms with Gasteiger partial charge in [0.05, 0.1) is 22.1 Å². The first-order chi connectivity index (χ1) is 10.2. The van der Waals surface area contributed by atoms with E-state index in [0.29, 0.717) is 19.6 Å². The first-order valence-corrected chi connectivity index (χ1v) is 9.15. The minimum atomic E-state index is -3.85. The number of nitrogen functional groups attached to an aromatic ring is 1. The number of aromatic hydroxyl groups is 1. The average Bonchev–Trinajstić information content (AvgIpc) is 3.00. The van der Waals surface area contributed by atoms with Crippen molar-refractivity contribution in [2.24, 2.45) is 5.92 Å². The summed E-state index contributed by atoms with van der Waals surface area (Å²) in [5.41, 5.74) is 5.58. The van der Waals surface area contributed by atoms with Gasteiger partial charge in [0, 0.05) is 12.5 Å². The number of phenolic OH excluding ortho intramolecular Hbond substituents is 1. The summed E-state index contributed by atoms with van der Waals surface area (Å²) in [6, 6.07) is 2.76. The Morgan fingerprint density at radius 3 is 2.45 bits per heavy atom. The van der Waals surface area contributed by atoms with Crippen molar-refractivity contribution in [1.29, 1.82) is 0 Å². The predicted octanol–water partition coefficient (Wildman–Crippen LogP) is 3.24. The van der Waals surface area contributed by atoms with E-state index in [1.54, 1.807) is 13.8 Å². The molecule has 0 bridgehead atoms. The van der Waals surface area contributed by atoms with Crippen LogP contribution in [0.1, 0.15) is 34.1 Å². The lowest BCUT2D eigenvalue weighted by molar-refractivity contribution is 0.179. The van der Waals surface area contributed by atoms with E-state index in [2.05, 4.69) is 0 Å². The van der Waals surface area contributed by atoms with Crippen molar-refractivity contribution in [1.82, 2.24) is 0 Å². The van der Waals surface area contributed by atoms with Crippen molar-refractivity contribution in [3.05, 3.63) is 17.2 Å². The summed E-state index contributed by atoms with van der Waals surface area (Å²) in [6.45, 7) is 8.18. The minimum Gasteiger partial charge on any atom is -0.504 e. The molecule has 0 saturated carbocycles. The fraction of sp³-hybridized carbons (Fsp3) is 0.600. The Balaban J connectivity index is 0.00000116. The van der Waals surface area contributed by atoms with Crippen molar-refractivity contribution in [2.45, 2.75) is 43.8 Å². The third kappa shape index (κ3) is 3.19. The second kappa shape index (κ2) is 7.06. The highest BCUT2D eigenvalue weighted by molar-refractivity contribution is 7.93. The summed E-state index contributed by atoms with van der Waals surface area (Å²) in [5, 5.41) is 9.98. The Hall–Kier alpha value is -0.980. The van der Waals surface area contributed by atoms with Crippen LogP contribution in [0.3, 0.4) is 0 Å². The van der Waals surface area contributed by atoms with Crippen molar-refractivity contribution >= 4 is 27.1 Å². The molecule has 5 nitrogen and oxygen atoms in total. The molecule has 1 heterocycles. The van der Waals surface area contributed by atoms with Crippen molar-refractivity contribution in [3.8, 4) is 5.75 Å². The van der Waals surface area contributed by atoms with Crippen molar-refractivity contribution < 1.29 is 18.3 Å². The molecule has 3 N–H and O–H groups in total. The second-order valence-corrected chi connectivity index (χ2v) is 8.36. The highest BCUT2D eigenvalue weighted by Gasteiger charge is 2.46. The molecule has 7 heteroatoms. The zero-order valence-electron chi connectivity index (χ0n) is 13.4. The van der Waals surface area contributed by atoms with Crippen LogP contribution in [0, 0.1) is 5.92 Å². The summed E-state index contributed by atoms with van der Waals surface area (Å²) in [7, 11) is -3.85. The van der Waals surface area contributed by atoms with E-state index in [1.165, 1.54) is 12.1 Å². The van der Waals surface area contributed by atoms with Gasteiger partial charge in [0.15, 0.2) is 15.6 Å². The van der Waals surface area contributed by atoms with E-state index in [0.717, 1.165) is 0 Å². The van der Waals surface area contributed by atoms with Gasteiger partial charge >= 0.3 is 0 Å². The first-order valence-electron chi connectivity index (χ1n) is 7.29. The molecule has 1 atom stereocenters. The molecule has 126 valence electrons. The van der Waals surface area contributed by atoms with Crippen LogP contribution in [-0.4, -0.2) is 31.5 Å². The summed E-state index contributed by atoms with van der Waals surface area (Å²) < 4.78 is 29.9. The van der Waals surface area contributed by atoms with Gasteiger partial charge in [-0.15, -0.1) is 0 Å². The molecule has 0 amide bonds. The van der Waals surface area contributed by atoms with Crippen molar-refractivity contribution in [2.75, 3.05) is 18.9 Å². The number of nitrogens with two attached hydrogens (primary N) is 1. The standard InChI is InChI=1S/C13H18ClNO4S.C2H6/c1-13(2,8-5-6-19-7-8)20(17,18)12-9(14)3-4-10(15)11(12)16;1-2/h3-4,8,16H,5-7,15H2,1-2H3;1-2H3. The van der Waals surface area contributed by atoms with Gasteiger partial charge in [0.1, 0.15) is 4.90 Å². The number of anilines is 1. The van der Waals surface area contributed by atoms with E-state index in [9.17, 15) is 13.5 Å². The topological polar surface area (TPSA) is 89.6 Å². The summed E-state index contributed by atoms with van der Waals surface area (Å²) in [5.74, 6) is -0.631. The largest absolute Gasteiger partial charge is 0.504 e. The number of phenols is 1. The molecule has 1 unspecified atom stereocenters. The molecule has 1 saturated heterocycles. The molecule has 0 aliphatic carbocycles. The molecule has 0 aromatic heterocycles. The molecule has 2 rings (SSSR count). The number of halogens is 1. The molecular formula is C15H24ClNO4S. The van der Waals surface area contributed by atoms with Crippen LogP contribution >= 0.6 is 11.6 Å². The Morgan fingerprint density at radius 1 is 1.36 bits per heavy atom. The molecular weight excluding hydrogens is 326 g/mol. The maximum Gasteiger partial charge on any atom is 0.189 e. The minimum absolute atomic E-state index is 0.00792. The smallest absolute Gasteiger partial charge is 0.189 e. The monoisotopic (exact) mass is 349 g/mol. The average molecular weight is 350 g/mol. The van der Waals surface area contributed by atoms with Crippen LogP contribution in [-0.2, 0) is 14.6 Å². The van der Waals surface area contributed by atoms with Gasteiger partial charge in [-0.2, -0.15) is 0 Å². The maximum absolute atomic E-state index is 12.9. The lowest BCUT2D eigenvalue weighted by Gasteiger charge is -2.31. The molecule has 0 radical (unpaired) electrons. The fourth-order valence-electron chi connectivity index (χ4n) is 2.38. The molecule has 1 aromatic rings. The Kier molecular flexibility index (Phi) is 6.12. The predicted molar refractivity (Wildman–Crippen MR) is 89.1 cm³/mol. The molecule has 0 spiro atoms. The Labute approximate surface area is 137 Å². The third-order valence-corrected chi connectivity index (χ3v) is 7.09. The second-order valence-electron chi connectivity index (χ2n) is 5.48. The quantitative estimate of drug-likeness (QED) is 0.645. The number of rotatable bonds is 3. The molecule has 22 heavy (non-hydrogen) atoms. The van der Waals surface area contributed by atoms with Gasteiger partial charge in [0.25, 0.3) is 0 Å². The molecule has 1 aliphatic heterocycles. The summed E-state index contributed by atoms with van der Waals surface area (Å²) in [4.78, 5) is -0.295. The summed E-state index contributed by atoms with van der Waals surface area (Å²) in [6.07, 6.45) is 0.660. The first kappa shape index (κ1) is 19.1. The van der Waals surface area contributed by atoms with E-state index in [4.69, 9.17) is 22.1 Å². The number of hydrogen-bond donors (Lipinski definition) is 2. The van der Waals surface area contributed by atoms with Crippen LogP contribution in [0.2, 0.25) is 5.02 Å². The highest BCUT2D eigenvalue weighted by atomic mass is 35.5. The summed E-state index contributed by atoms with van der Waals surface area (Å²) >= 11 is 5.97. The van der Waals surface area contributed by atoms with Crippen LogP contribution < -0.4 is 5.73 Å². The van der Waals surface area contributed by atoms with Gasteiger partial charge in [-0.1, -0.05) is 25.4 Å². The van der Waals surface area contributed by atoms with Crippen molar-refractivity contribution in [3.63, 3.8) is 0 Å². The van der Waals surface area contributed by atoms with E-state index >= 15 is 0 Å². The lowest BCUT2D eigenvalue weighted by Crippen LogP contribution is -2.40. The van der Waals surface area contributed by atoms with E-state index in [1.807, 2.05) is 13.8 Å². The maximum atomic E-state index is 12.9. The van der Waals surface area contributed by atoms with Crippen LogP contribution in [0.4, 0.5) is 5.69 Å². The number of sulfone groups is 1. The SMILES string of the molecule is CC.CC(C)(C1CCOC1)S(=O)(=O)c1c(Cl)ccc(N)c1O. The number of benzene rings is 1. The van der Waals surface area contributed by atoms with E-state index in [-0.39, 0.29) is 21.5 Å². The Bertz CT molecular complexity index is 623. The van der Waals surface area contributed by atoms with Crippen LogP contribution in [0.25, 0.3) is 0 Å². The van der Waals surface area contributed by atoms with Crippen LogP contribution in [0.15, 0.2) is 17.0 Å². The van der Waals surface area contributed by atoms with Gasteiger partial charge in [-0.3, -0.25) is 0 Å². The van der Waals surface area contributed by atoms with Gasteiger partial charge in [0.2, 0.25) is 0 Å².